The van der Waals surface area contributed by atoms with Crippen LogP contribution in [-0.2, 0) is 18.0 Å². The van der Waals surface area contributed by atoms with E-state index in [1.54, 1.807) is 29.5 Å². The number of ether oxygens (including phenoxy) is 1. The van der Waals surface area contributed by atoms with Crippen molar-refractivity contribution in [1.29, 1.82) is 5.26 Å². The smallest absolute Gasteiger partial charge is 0.419 e. The van der Waals surface area contributed by atoms with Crippen LogP contribution in [0.1, 0.15) is 43.9 Å². The summed E-state index contributed by atoms with van der Waals surface area (Å²) in [6.45, 7) is 2.31. The number of hydrogen-bond acceptors (Lipinski definition) is 5. The van der Waals surface area contributed by atoms with Crippen LogP contribution in [0.25, 0.3) is 22.3 Å². The normalized spacial score (nSPS) is 13.6. The number of imidazole rings is 1. The highest BCUT2D eigenvalue weighted by Crippen LogP contribution is 2.39. The molecular weight excluding hydrogens is 447 g/mol. The summed E-state index contributed by atoms with van der Waals surface area (Å²) in [6.07, 6.45) is -0.336. The Labute approximate surface area is 194 Å². The van der Waals surface area contributed by atoms with E-state index in [0.717, 1.165) is 18.9 Å². The van der Waals surface area contributed by atoms with Gasteiger partial charge in [0.05, 0.1) is 29.7 Å². The van der Waals surface area contributed by atoms with Crippen molar-refractivity contribution in [3.05, 3.63) is 41.9 Å². The molecule has 1 fully saturated rings. The molecule has 1 aliphatic rings. The zero-order chi connectivity index (χ0) is 24.5. The summed E-state index contributed by atoms with van der Waals surface area (Å²) in [5.41, 5.74) is 0.572. The Balaban J connectivity index is 1.55. The van der Waals surface area contributed by atoms with Crippen LogP contribution in [-0.4, -0.2) is 44.5 Å². The molecule has 4 rings (SSSR count). The summed E-state index contributed by atoms with van der Waals surface area (Å²) < 4.78 is 48.7. The minimum atomic E-state index is -4.64. The maximum Gasteiger partial charge on any atom is 0.419 e. The van der Waals surface area contributed by atoms with Crippen molar-refractivity contribution in [2.75, 3.05) is 13.2 Å². The summed E-state index contributed by atoms with van der Waals surface area (Å²) in [4.78, 5) is 22.2. The average molecular weight is 471 g/mol. The number of hydrogen-bond donors (Lipinski definition) is 0. The molecular formula is C24H24F3N5O2. The van der Waals surface area contributed by atoms with E-state index < -0.39 is 11.7 Å². The highest BCUT2D eigenvalue weighted by Gasteiger charge is 2.35. The number of alkyl halides is 3. The van der Waals surface area contributed by atoms with Crippen LogP contribution < -0.4 is 4.74 Å². The van der Waals surface area contributed by atoms with Crippen molar-refractivity contribution >= 4 is 16.9 Å². The summed E-state index contributed by atoms with van der Waals surface area (Å²) in [7, 11) is 1.73. The Morgan fingerprint density at radius 3 is 2.74 bits per heavy atom. The largest absolute Gasteiger partial charge is 0.493 e. The molecule has 0 radical (unpaired) electrons. The van der Waals surface area contributed by atoms with Gasteiger partial charge in [-0.3, -0.25) is 4.79 Å². The summed E-state index contributed by atoms with van der Waals surface area (Å²) in [5, 5.41) is 9.41. The first-order valence-corrected chi connectivity index (χ1v) is 11.1. The zero-order valence-electron chi connectivity index (χ0n) is 18.9. The number of rotatable bonds is 8. The summed E-state index contributed by atoms with van der Waals surface area (Å²) in [5.74, 6) is -0.226. The molecule has 2 heterocycles. The van der Waals surface area contributed by atoms with Gasteiger partial charge in [-0.1, -0.05) is 6.92 Å². The SMILES string of the molecule is CCC(=O)N(CCCOc1ccc(-c2cc3c(ncn3C)c(C#N)n2)cc1C(F)(F)F)C1CC1. The quantitative estimate of drug-likeness (QED) is 0.445. The van der Waals surface area contributed by atoms with Gasteiger partial charge in [-0.25, -0.2) is 9.97 Å². The van der Waals surface area contributed by atoms with E-state index in [2.05, 4.69) is 9.97 Å². The van der Waals surface area contributed by atoms with E-state index in [4.69, 9.17) is 4.74 Å². The van der Waals surface area contributed by atoms with Gasteiger partial charge in [-0.05, 0) is 43.5 Å². The third-order valence-corrected chi connectivity index (χ3v) is 5.81. The Morgan fingerprint density at radius 2 is 2.09 bits per heavy atom. The second-order valence-corrected chi connectivity index (χ2v) is 8.27. The molecule has 1 saturated carbocycles. The monoisotopic (exact) mass is 471 g/mol. The molecule has 0 unspecified atom stereocenters. The van der Waals surface area contributed by atoms with Crippen molar-refractivity contribution in [2.45, 2.75) is 44.8 Å². The van der Waals surface area contributed by atoms with E-state index in [1.165, 1.54) is 18.5 Å². The molecule has 0 atom stereocenters. The van der Waals surface area contributed by atoms with Gasteiger partial charge >= 0.3 is 6.18 Å². The van der Waals surface area contributed by atoms with Crippen LogP contribution in [0.2, 0.25) is 0 Å². The zero-order valence-corrected chi connectivity index (χ0v) is 18.9. The van der Waals surface area contributed by atoms with E-state index in [-0.39, 0.29) is 41.3 Å². The Morgan fingerprint density at radius 1 is 1.32 bits per heavy atom. The number of fused-ring (bicyclic) bond motifs is 1. The fourth-order valence-corrected chi connectivity index (χ4v) is 3.91. The second kappa shape index (κ2) is 9.33. The fourth-order valence-electron chi connectivity index (χ4n) is 3.91. The lowest BCUT2D eigenvalue weighted by Gasteiger charge is -2.22. The molecule has 1 aromatic carbocycles. The number of carbonyl (C=O) groups excluding carboxylic acids is 1. The van der Waals surface area contributed by atoms with Crippen LogP contribution in [0, 0.1) is 11.3 Å². The van der Waals surface area contributed by atoms with Gasteiger partial charge in [0.1, 0.15) is 17.3 Å². The van der Waals surface area contributed by atoms with Crippen molar-refractivity contribution in [3.63, 3.8) is 0 Å². The first-order chi connectivity index (χ1) is 16.2. The number of aromatic nitrogens is 3. The van der Waals surface area contributed by atoms with Gasteiger partial charge in [0.25, 0.3) is 0 Å². The molecule has 0 aliphatic heterocycles. The van der Waals surface area contributed by atoms with Gasteiger partial charge in [0.15, 0.2) is 5.69 Å². The van der Waals surface area contributed by atoms with E-state index in [0.29, 0.717) is 30.4 Å². The molecule has 0 saturated heterocycles. The molecule has 2 aromatic heterocycles. The maximum atomic E-state index is 13.8. The Bertz CT molecular complexity index is 1260. The number of nitrogens with zero attached hydrogens (tertiary/aromatic N) is 5. The Hall–Kier alpha value is -3.61. The summed E-state index contributed by atoms with van der Waals surface area (Å²) >= 11 is 0. The molecule has 0 spiro atoms. The van der Waals surface area contributed by atoms with Crippen LogP contribution >= 0.6 is 0 Å². The minimum Gasteiger partial charge on any atom is -0.493 e. The van der Waals surface area contributed by atoms with Crippen molar-refractivity contribution in [1.82, 2.24) is 19.4 Å². The molecule has 178 valence electrons. The van der Waals surface area contributed by atoms with Crippen LogP contribution in [0.4, 0.5) is 13.2 Å². The highest BCUT2D eigenvalue weighted by atomic mass is 19.4. The van der Waals surface area contributed by atoms with Crippen molar-refractivity contribution in [2.24, 2.45) is 7.05 Å². The van der Waals surface area contributed by atoms with Crippen molar-refractivity contribution < 1.29 is 22.7 Å². The predicted octanol–water partition coefficient (Wildman–Crippen LogP) is 4.70. The number of halogens is 3. The third-order valence-electron chi connectivity index (χ3n) is 5.81. The Kier molecular flexibility index (Phi) is 6.46. The van der Waals surface area contributed by atoms with E-state index in [1.807, 2.05) is 6.07 Å². The minimum absolute atomic E-state index is 0.0452. The standard InChI is InChI=1S/C24H24F3N5O2/c1-3-22(33)32(16-6-7-16)9-4-10-34-21-8-5-15(11-17(21)24(25,26)27)18-12-20-23(19(13-28)30-18)29-14-31(20)2/h5,8,11-12,14,16H,3-4,6-7,9-10H2,1-2H3. The number of carbonyl (C=O) groups is 1. The van der Waals surface area contributed by atoms with E-state index in [9.17, 15) is 23.2 Å². The molecule has 34 heavy (non-hydrogen) atoms. The van der Waals surface area contributed by atoms with Crippen LogP contribution in [0.3, 0.4) is 0 Å². The topological polar surface area (TPSA) is 84.0 Å². The molecule has 3 aromatic rings. The van der Waals surface area contributed by atoms with Gasteiger partial charge in [0, 0.05) is 31.6 Å². The van der Waals surface area contributed by atoms with Crippen LogP contribution in [0.15, 0.2) is 30.6 Å². The number of nitriles is 1. The highest BCUT2D eigenvalue weighted by molar-refractivity contribution is 5.84. The second-order valence-electron chi connectivity index (χ2n) is 8.27. The number of benzene rings is 1. The van der Waals surface area contributed by atoms with Gasteiger partial charge < -0.3 is 14.2 Å². The number of amides is 1. The van der Waals surface area contributed by atoms with Gasteiger partial charge in [-0.2, -0.15) is 18.4 Å². The molecule has 1 aliphatic carbocycles. The van der Waals surface area contributed by atoms with E-state index >= 15 is 0 Å². The lowest BCUT2D eigenvalue weighted by atomic mass is 10.1. The van der Waals surface area contributed by atoms with Crippen molar-refractivity contribution in [3.8, 4) is 23.1 Å². The van der Waals surface area contributed by atoms with Crippen LogP contribution in [0.5, 0.6) is 5.75 Å². The van der Waals surface area contributed by atoms with Gasteiger partial charge in [-0.15, -0.1) is 0 Å². The molecule has 7 nitrogen and oxygen atoms in total. The number of pyridine rings is 1. The average Bonchev–Trinajstić information content (AvgIpc) is 3.59. The number of aryl methyl sites for hydroxylation is 1. The predicted molar refractivity (Wildman–Crippen MR) is 119 cm³/mol. The molecule has 1 amide bonds. The maximum absolute atomic E-state index is 13.8. The first kappa shape index (κ1) is 23.5. The van der Waals surface area contributed by atoms with Gasteiger partial charge in [0.2, 0.25) is 5.91 Å². The third kappa shape index (κ3) is 4.83. The first-order valence-electron chi connectivity index (χ1n) is 11.1. The molecule has 0 bridgehead atoms. The fraction of sp³-hybridized carbons (Fsp3) is 0.417. The molecule has 10 heteroatoms. The lowest BCUT2D eigenvalue weighted by molar-refractivity contribution is -0.138. The summed E-state index contributed by atoms with van der Waals surface area (Å²) in [6, 6.07) is 7.56. The molecule has 0 N–H and O–H groups in total. The lowest BCUT2D eigenvalue weighted by Crippen LogP contribution is -2.34.